The van der Waals surface area contributed by atoms with Crippen molar-refractivity contribution in [3.8, 4) is 5.75 Å². The van der Waals surface area contributed by atoms with Crippen LogP contribution < -0.4 is 20.7 Å². The normalized spacial score (nSPS) is 10.9. The highest BCUT2D eigenvalue weighted by Gasteiger charge is 2.21. The first-order chi connectivity index (χ1) is 14.2. The number of rotatable bonds is 7. The van der Waals surface area contributed by atoms with Gasteiger partial charge in [-0.25, -0.2) is 9.97 Å². The van der Waals surface area contributed by atoms with Crippen LogP contribution in [0.4, 0.5) is 23.1 Å². The van der Waals surface area contributed by atoms with E-state index in [1.54, 1.807) is 36.7 Å². The van der Waals surface area contributed by atoms with E-state index >= 15 is 0 Å². The number of hydrogen-bond donors (Lipinski definition) is 3. The van der Waals surface area contributed by atoms with Gasteiger partial charge in [0.2, 0.25) is 0 Å². The Balaban J connectivity index is 1.97. The first-order valence-electron chi connectivity index (χ1n) is 8.78. The van der Waals surface area contributed by atoms with E-state index in [2.05, 4.69) is 36.1 Å². The van der Waals surface area contributed by atoms with Gasteiger partial charge in [-0.2, -0.15) is 0 Å². The number of carbonyl (C=O) groups is 1. The number of aromatic nitrogens is 4. The molecule has 0 saturated heterocycles. The van der Waals surface area contributed by atoms with Crippen LogP contribution in [0.2, 0.25) is 0 Å². The zero-order valence-electron chi connectivity index (χ0n) is 16.4. The molecule has 0 saturated carbocycles. The van der Waals surface area contributed by atoms with Gasteiger partial charge in [0.05, 0.1) is 36.3 Å². The number of ether oxygens (including phenoxy) is 1. The molecule has 3 aromatic heterocycles. The van der Waals surface area contributed by atoms with Crippen molar-refractivity contribution in [3.05, 3.63) is 54.0 Å². The Morgan fingerprint density at radius 2 is 1.87 bits per heavy atom. The Hall–Kier alpha value is -3.56. The molecule has 0 unspecified atom stereocenters. The molecule has 144 valence electrons. The summed E-state index contributed by atoms with van der Waals surface area (Å²) in [6.07, 6.45) is 3.28. The van der Waals surface area contributed by atoms with Crippen LogP contribution in [0, 0.1) is 6.92 Å². The monoisotopic (exact) mass is 395 g/mol. The molecule has 9 nitrogen and oxygen atoms in total. The van der Waals surface area contributed by atoms with Gasteiger partial charge in [-0.3, -0.25) is 4.79 Å². The van der Waals surface area contributed by atoms with E-state index in [1.165, 1.54) is 7.11 Å². The summed E-state index contributed by atoms with van der Waals surface area (Å²) in [5, 5.41) is 14.3. The standard InChI is InChI=1S/C18H16B3N7O2/c1-10-5-6-13(23-9-10)25-14-8-11(24-16-12(30-2)4-3-7-22-16)15(28-27-14)17(29)26-18(19,20)21/h3-9H,1-2H3,(H,26,29)(H2,22,23,24,25,27). The molecule has 6 radical (unpaired) electrons. The lowest BCUT2D eigenvalue weighted by Crippen LogP contribution is -2.50. The quantitative estimate of drug-likeness (QED) is 0.507. The Bertz CT molecular complexity index is 1040. The number of amides is 1. The van der Waals surface area contributed by atoms with E-state index in [0.717, 1.165) is 5.56 Å². The number of pyridine rings is 2. The molecule has 3 rings (SSSR count). The van der Waals surface area contributed by atoms with Gasteiger partial charge in [-0.05, 0) is 30.7 Å². The zero-order chi connectivity index (χ0) is 21.7. The van der Waals surface area contributed by atoms with Crippen molar-refractivity contribution < 1.29 is 9.53 Å². The van der Waals surface area contributed by atoms with Gasteiger partial charge in [0.25, 0.3) is 5.91 Å². The van der Waals surface area contributed by atoms with Crippen LogP contribution >= 0.6 is 0 Å². The van der Waals surface area contributed by atoms with Crippen LogP contribution in [0.5, 0.6) is 5.75 Å². The number of carbonyl (C=O) groups excluding carboxylic acids is 1. The molecule has 3 N–H and O–H groups in total. The van der Waals surface area contributed by atoms with E-state index in [9.17, 15) is 4.79 Å². The van der Waals surface area contributed by atoms with Gasteiger partial charge < -0.3 is 20.7 Å². The summed E-state index contributed by atoms with van der Waals surface area (Å²) in [5.74, 6) is 0.979. The van der Waals surface area contributed by atoms with Crippen molar-refractivity contribution >= 4 is 52.6 Å². The van der Waals surface area contributed by atoms with Gasteiger partial charge in [0.15, 0.2) is 23.1 Å². The predicted molar refractivity (Wildman–Crippen MR) is 116 cm³/mol. The number of hydrogen-bond acceptors (Lipinski definition) is 8. The highest BCUT2D eigenvalue weighted by molar-refractivity contribution is 6.60. The molecule has 0 aliphatic carbocycles. The van der Waals surface area contributed by atoms with E-state index in [4.69, 9.17) is 28.3 Å². The van der Waals surface area contributed by atoms with E-state index in [-0.39, 0.29) is 11.4 Å². The third-order valence-corrected chi connectivity index (χ3v) is 3.75. The summed E-state index contributed by atoms with van der Waals surface area (Å²) in [5.41, 5.74) is 1.17. The highest BCUT2D eigenvalue weighted by atomic mass is 16.5. The Morgan fingerprint density at radius 3 is 2.53 bits per heavy atom. The van der Waals surface area contributed by atoms with Crippen LogP contribution in [0.25, 0.3) is 0 Å². The second kappa shape index (κ2) is 8.85. The number of methoxy groups -OCH3 is 1. The Labute approximate surface area is 177 Å². The number of nitrogens with one attached hydrogen (secondary N) is 3. The van der Waals surface area contributed by atoms with Crippen LogP contribution in [-0.4, -0.2) is 62.0 Å². The van der Waals surface area contributed by atoms with Crippen molar-refractivity contribution in [2.75, 3.05) is 17.7 Å². The molecule has 3 aromatic rings. The van der Waals surface area contributed by atoms with Crippen molar-refractivity contribution in [1.29, 1.82) is 0 Å². The fraction of sp³-hybridized carbons (Fsp3) is 0.167. The van der Waals surface area contributed by atoms with Crippen molar-refractivity contribution in [1.82, 2.24) is 25.5 Å². The second-order valence-corrected chi connectivity index (χ2v) is 6.40. The third kappa shape index (κ3) is 5.50. The molecule has 0 aromatic carbocycles. The molecule has 1 amide bonds. The lowest BCUT2D eigenvalue weighted by molar-refractivity contribution is 0.0947. The maximum atomic E-state index is 12.6. The van der Waals surface area contributed by atoms with Crippen molar-refractivity contribution in [2.24, 2.45) is 0 Å². The first kappa shape index (κ1) is 21.2. The summed E-state index contributed by atoms with van der Waals surface area (Å²) >= 11 is 0. The SMILES string of the molecule is [B]C([B])([B])NC(=O)c1nnc(Nc2ccc(C)cn2)cc1Nc1ncccc1OC. The summed E-state index contributed by atoms with van der Waals surface area (Å²) in [6, 6.07) is 8.67. The largest absolute Gasteiger partial charge is 0.493 e. The molecular weight excluding hydrogens is 379 g/mol. The number of nitrogens with zero attached hydrogens (tertiary/aromatic N) is 4. The van der Waals surface area contributed by atoms with Gasteiger partial charge in [-0.15, -0.1) is 10.2 Å². The zero-order valence-corrected chi connectivity index (χ0v) is 16.4. The lowest BCUT2D eigenvalue weighted by atomic mass is 9.49. The molecule has 0 atom stereocenters. The molecule has 3 heterocycles. The molecule has 12 heteroatoms. The summed E-state index contributed by atoms with van der Waals surface area (Å²) in [6.45, 7) is 1.93. The average Bonchev–Trinajstić information content (AvgIpc) is 2.69. The van der Waals surface area contributed by atoms with Crippen LogP contribution in [0.1, 0.15) is 16.1 Å². The average molecular weight is 395 g/mol. The first-order valence-corrected chi connectivity index (χ1v) is 8.78. The van der Waals surface area contributed by atoms with Gasteiger partial charge in [-0.1, -0.05) is 11.3 Å². The minimum absolute atomic E-state index is 0.101. The fourth-order valence-electron chi connectivity index (χ4n) is 2.42. The molecule has 0 aliphatic rings. The minimum atomic E-state index is -1.93. The molecule has 0 fully saturated rings. The fourth-order valence-corrected chi connectivity index (χ4v) is 2.42. The van der Waals surface area contributed by atoms with E-state index in [1.807, 2.05) is 13.0 Å². The lowest BCUT2D eigenvalue weighted by Gasteiger charge is -2.22. The summed E-state index contributed by atoms with van der Waals surface area (Å²) in [4.78, 5) is 21.0. The van der Waals surface area contributed by atoms with Crippen LogP contribution in [-0.2, 0) is 0 Å². The molecule has 0 bridgehead atoms. The maximum Gasteiger partial charge on any atom is 0.272 e. The maximum absolute atomic E-state index is 12.6. The van der Waals surface area contributed by atoms with Crippen LogP contribution in [0.15, 0.2) is 42.7 Å². The van der Waals surface area contributed by atoms with Crippen LogP contribution in [0.3, 0.4) is 0 Å². The van der Waals surface area contributed by atoms with E-state index < -0.39 is 11.1 Å². The molecular formula is C18H16B3N7O2. The summed E-state index contributed by atoms with van der Waals surface area (Å²) in [7, 11) is 17.9. The van der Waals surface area contributed by atoms with Gasteiger partial charge in [0, 0.05) is 18.5 Å². The Morgan fingerprint density at radius 1 is 1.07 bits per heavy atom. The van der Waals surface area contributed by atoms with Crippen molar-refractivity contribution in [3.63, 3.8) is 0 Å². The highest BCUT2D eigenvalue weighted by Crippen LogP contribution is 2.27. The molecule has 30 heavy (non-hydrogen) atoms. The third-order valence-electron chi connectivity index (χ3n) is 3.75. The number of anilines is 4. The Kier molecular flexibility index (Phi) is 6.24. The molecule has 0 spiro atoms. The smallest absolute Gasteiger partial charge is 0.272 e. The van der Waals surface area contributed by atoms with Gasteiger partial charge in [0.1, 0.15) is 5.82 Å². The summed E-state index contributed by atoms with van der Waals surface area (Å²) < 4.78 is 5.29. The van der Waals surface area contributed by atoms with E-state index in [0.29, 0.717) is 23.2 Å². The number of aryl methyl sites for hydroxylation is 1. The molecule has 0 aliphatic heterocycles. The van der Waals surface area contributed by atoms with Crippen molar-refractivity contribution in [2.45, 2.75) is 12.2 Å². The minimum Gasteiger partial charge on any atom is -0.493 e. The predicted octanol–water partition coefficient (Wildman–Crippen LogP) is 0.917. The second-order valence-electron chi connectivity index (χ2n) is 6.40. The van der Waals surface area contributed by atoms with Gasteiger partial charge >= 0.3 is 0 Å². The topological polar surface area (TPSA) is 114 Å².